The van der Waals surface area contributed by atoms with E-state index in [0.29, 0.717) is 37.3 Å². The second-order valence-electron chi connectivity index (χ2n) is 5.20. The van der Waals surface area contributed by atoms with Crippen molar-refractivity contribution in [1.29, 1.82) is 0 Å². The van der Waals surface area contributed by atoms with Crippen LogP contribution in [0.4, 0.5) is 4.39 Å². The zero-order valence-corrected chi connectivity index (χ0v) is 12.4. The molecule has 0 spiro atoms. The summed E-state index contributed by atoms with van der Waals surface area (Å²) in [5, 5.41) is 5.94. The van der Waals surface area contributed by atoms with Crippen LogP contribution in [-0.4, -0.2) is 54.4 Å². The molecule has 0 unspecified atom stereocenters. The molecule has 1 aromatic rings. The maximum absolute atomic E-state index is 13.2. The quantitative estimate of drug-likeness (QED) is 0.854. The van der Waals surface area contributed by atoms with Crippen LogP contribution >= 0.6 is 11.3 Å². The number of halogens is 1. The van der Waals surface area contributed by atoms with Gasteiger partial charge < -0.3 is 5.32 Å². The zero-order chi connectivity index (χ0) is 14.7. The molecule has 0 amide bonds. The summed E-state index contributed by atoms with van der Waals surface area (Å²) >= 11 is 1.51. The topological polar surface area (TPSA) is 57.6 Å². The number of hydrogen-bond acceptors (Lipinski definition) is 6. The fourth-order valence-electron chi connectivity index (χ4n) is 2.52. The van der Waals surface area contributed by atoms with Gasteiger partial charge in [0.05, 0.1) is 6.54 Å². The number of alkyl halides is 1. The van der Waals surface area contributed by atoms with Gasteiger partial charge in [-0.1, -0.05) is 0 Å². The Balaban J connectivity index is 1.69. The molecule has 0 radical (unpaired) electrons. The Kier molecular flexibility index (Phi) is 4.40. The molecule has 1 fully saturated rings. The highest BCUT2D eigenvalue weighted by Gasteiger charge is 2.23. The number of amidine groups is 1. The Hall–Kier alpha value is -1.60. The Labute approximate surface area is 126 Å². The molecule has 2 aliphatic rings. The minimum absolute atomic E-state index is 0.375. The van der Waals surface area contributed by atoms with E-state index in [4.69, 9.17) is 0 Å². The van der Waals surface area contributed by atoms with E-state index < -0.39 is 6.17 Å². The number of carbonyl (C=O) groups excluding carboxylic acids is 1. The zero-order valence-electron chi connectivity index (χ0n) is 11.6. The number of nitrogens with zero attached hydrogens (tertiary/aromatic N) is 3. The van der Waals surface area contributed by atoms with Crippen molar-refractivity contribution in [3.8, 4) is 0 Å². The van der Waals surface area contributed by atoms with Crippen LogP contribution in [0.3, 0.4) is 0 Å². The van der Waals surface area contributed by atoms with Crippen molar-refractivity contribution in [1.82, 2.24) is 15.2 Å². The predicted molar refractivity (Wildman–Crippen MR) is 80.3 cm³/mol. The minimum Gasteiger partial charge on any atom is -0.340 e. The summed E-state index contributed by atoms with van der Waals surface area (Å²) in [7, 11) is 0. The van der Waals surface area contributed by atoms with Crippen molar-refractivity contribution in [2.75, 3.05) is 26.2 Å². The third-order valence-electron chi connectivity index (χ3n) is 3.74. The van der Waals surface area contributed by atoms with Gasteiger partial charge in [0.25, 0.3) is 0 Å². The Morgan fingerprint density at radius 3 is 2.95 bits per heavy atom. The second kappa shape index (κ2) is 6.44. The number of aliphatic imine (C=N–C) groups is 1. The summed E-state index contributed by atoms with van der Waals surface area (Å²) in [5.41, 5.74) is 1.53. The molecule has 7 heteroatoms. The molecule has 0 aliphatic carbocycles. The van der Waals surface area contributed by atoms with Gasteiger partial charge in [-0.3, -0.25) is 14.7 Å². The molecule has 3 heterocycles. The standard InChI is InChI=1S/C14H17FN4OS/c15-11-1-4-19(5-2-11)8-12-10(9-20)7-17-13(18-12)14-16-3-6-21-14/h3,6,9,11H,1-2,4-5,7-8H2,(H,17,18). The predicted octanol–water partition coefficient (Wildman–Crippen LogP) is 1.38. The largest absolute Gasteiger partial charge is 0.340 e. The van der Waals surface area contributed by atoms with E-state index in [1.165, 1.54) is 11.3 Å². The number of hydrogen-bond donors (Lipinski definition) is 1. The van der Waals surface area contributed by atoms with E-state index in [0.717, 1.165) is 30.1 Å². The van der Waals surface area contributed by atoms with E-state index >= 15 is 0 Å². The molecule has 0 saturated carbocycles. The molecule has 0 atom stereocenters. The Morgan fingerprint density at radius 2 is 2.29 bits per heavy atom. The second-order valence-corrected chi connectivity index (χ2v) is 6.09. The third-order valence-corrected chi connectivity index (χ3v) is 4.52. The molecule has 112 valence electrons. The van der Waals surface area contributed by atoms with Crippen LogP contribution in [0.5, 0.6) is 0 Å². The molecule has 1 saturated heterocycles. The van der Waals surface area contributed by atoms with Crippen molar-refractivity contribution in [3.05, 3.63) is 27.9 Å². The average molecular weight is 308 g/mol. The van der Waals surface area contributed by atoms with Crippen molar-refractivity contribution in [2.24, 2.45) is 4.99 Å². The van der Waals surface area contributed by atoms with Crippen molar-refractivity contribution >= 4 is 23.5 Å². The van der Waals surface area contributed by atoms with E-state index in [2.05, 4.69) is 20.2 Å². The lowest BCUT2D eigenvalue weighted by Gasteiger charge is -2.31. The van der Waals surface area contributed by atoms with Gasteiger partial charge in [0.2, 0.25) is 0 Å². The SMILES string of the molecule is O=CC1=C(CN2CCC(F)CC2)NC(c2nccs2)=NC1. The number of thiazole rings is 1. The van der Waals surface area contributed by atoms with Crippen LogP contribution in [-0.2, 0) is 4.79 Å². The van der Waals surface area contributed by atoms with Crippen LogP contribution in [0.1, 0.15) is 17.8 Å². The summed E-state index contributed by atoms with van der Waals surface area (Å²) in [5.74, 6) is 0.714. The summed E-state index contributed by atoms with van der Waals surface area (Å²) < 4.78 is 13.2. The fraction of sp³-hybridized carbons (Fsp3) is 0.500. The number of carbonyl (C=O) groups is 1. The summed E-state index contributed by atoms with van der Waals surface area (Å²) in [6.07, 6.45) is 3.03. The molecule has 0 aromatic carbocycles. The fourth-order valence-corrected chi connectivity index (χ4v) is 3.12. The van der Waals surface area contributed by atoms with E-state index in [1.807, 2.05) is 5.38 Å². The van der Waals surface area contributed by atoms with Crippen LogP contribution in [0, 0.1) is 0 Å². The van der Waals surface area contributed by atoms with Crippen LogP contribution < -0.4 is 5.32 Å². The molecule has 2 aliphatic heterocycles. The number of aromatic nitrogens is 1. The first-order valence-corrected chi connectivity index (χ1v) is 7.89. The van der Waals surface area contributed by atoms with Gasteiger partial charge in [-0.2, -0.15) is 0 Å². The maximum Gasteiger partial charge on any atom is 0.162 e. The highest BCUT2D eigenvalue weighted by atomic mass is 32.1. The number of rotatable bonds is 4. The first-order chi connectivity index (χ1) is 10.3. The van der Waals surface area contributed by atoms with E-state index in [9.17, 15) is 9.18 Å². The van der Waals surface area contributed by atoms with Crippen LogP contribution in [0.15, 0.2) is 27.8 Å². The lowest BCUT2D eigenvalue weighted by Crippen LogP contribution is -2.41. The molecular formula is C14H17FN4OS. The molecule has 1 aromatic heterocycles. The first kappa shape index (κ1) is 14.3. The number of likely N-dealkylation sites (tertiary alicyclic amines) is 1. The maximum atomic E-state index is 13.2. The van der Waals surface area contributed by atoms with Gasteiger partial charge >= 0.3 is 0 Å². The normalized spacial score (nSPS) is 21.1. The average Bonchev–Trinajstić information content (AvgIpc) is 3.04. The molecule has 0 bridgehead atoms. The van der Waals surface area contributed by atoms with Crippen molar-refractivity contribution < 1.29 is 9.18 Å². The minimum atomic E-state index is -0.687. The molecular weight excluding hydrogens is 291 g/mol. The highest BCUT2D eigenvalue weighted by Crippen LogP contribution is 2.17. The smallest absolute Gasteiger partial charge is 0.162 e. The van der Waals surface area contributed by atoms with Crippen LogP contribution in [0.2, 0.25) is 0 Å². The van der Waals surface area contributed by atoms with E-state index in [1.54, 1.807) is 6.20 Å². The summed E-state index contributed by atoms with van der Waals surface area (Å²) in [6.45, 7) is 2.45. The first-order valence-electron chi connectivity index (χ1n) is 7.01. The van der Waals surface area contributed by atoms with Crippen molar-refractivity contribution in [3.63, 3.8) is 0 Å². The van der Waals surface area contributed by atoms with Crippen molar-refractivity contribution in [2.45, 2.75) is 19.0 Å². The Bertz CT molecular complexity index is 562. The van der Waals surface area contributed by atoms with Gasteiger partial charge in [0.1, 0.15) is 12.5 Å². The third kappa shape index (κ3) is 3.36. The molecule has 1 N–H and O–H groups in total. The highest BCUT2D eigenvalue weighted by molar-refractivity contribution is 7.11. The van der Waals surface area contributed by atoms with Gasteiger partial charge in [-0.15, -0.1) is 11.3 Å². The number of aldehydes is 1. The monoisotopic (exact) mass is 308 g/mol. The lowest BCUT2D eigenvalue weighted by atomic mass is 10.1. The summed E-state index contributed by atoms with van der Waals surface area (Å²) in [6, 6.07) is 0. The number of piperidine rings is 1. The van der Waals surface area contributed by atoms with Gasteiger partial charge in [-0.05, 0) is 12.8 Å². The van der Waals surface area contributed by atoms with Crippen LogP contribution in [0.25, 0.3) is 0 Å². The number of nitrogens with one attached hydrogen (secondary N) is 1. The Morgan fingerprint density at radius 1 is 1.48 bits per heavy atom. The molecule has 21 heavy (non-hydrogen) atoms. The van der Waals surface area contributed by atoms with E-state index in [-0.39, 0.29) is 0 Å². The summed E-state index contributed by atoms with van der Waals surface area (Å²) in [4.78, 5) is 22.0. The van der Waals surface area contributed by atoms with Gasteiger partial charge in [-0.25, -0.2) is 9.37 Å². The molecule has 5 nitrogen and oxygen atoms in total. The van der Waals surface area contributed by atoms with Gasteiger partial charge in [0.15, 0.2) is 10.8 Å². The lowest BCUT2D eigenvalue weighted by molar-refractivity contribution is -0.105. The molecule has 3 rings (SSSR count). The van der Waals surface area contributed by atoms with Gasteiger partial charge in [0, 0.05) is 42.5 Å².